The van der Waals surface area contributed by atoms with Crippen LogP contribution in [0, 0.1) is 0 Å². The molecule has 0 radical (unpaired) electrons. The maximum Gasteiger partial charge on any atom is 0.235 e. The third kappa shape index (κ3) is 4.18. The number of primary amides is 1. The third-order valence-electron chi connectivity index (χ3n) is 2.79. The molecule has 1 aliphatic carbocycles. The van der Waals surface area contributed by atoms with Gasteiger partial charge in [-0.25, -0.2) is 0 Å². The summed E-state index contributed by atoms with van der Waals surface area (Å²) in [5.74, 6) is -0.237. The van der Waals surface area contributed by atoms with Crippen LogP contribution in [0.2, 0.25) is 0 Å². The largest absolute Gasteiger partial charge is 0.368 e. The molecule has 1 fully saturated rings. The lowest BCUT2D eigenvalue weighted by Crippen LogP contribution is -2.49. The highest BCUT2D eigenvalue weighted by atomic mass is 16.1. The minimum atomic E-state index is -0.237. The van der Waals surface area contributed by atoms with E-state index in [-0.39, 0.29) is 11.9 Å². The first-order valence-electron chi connectivity index (χ1n) is 5.95. The van der Waals surface area contributed by atoms with Crippen LogP contribution in [-0.4, -0.2) is 42.5 Å². The molecule has 0 aliphatic heterocycles. The van der Waals surface area contributed by atoms with Gasteiger partial charge >= 0.3 is 0 Å². The maximum absolute atomic E-state index is 11.2. The third-order valence-corrected chi connectivity index (χ3v) is 2.79. The van der Waals surface area contributed by atoms with Crippen LogP contribution in [0.3, 0.4) is 0 Å². The molecule has 1 rings (SSSR count). The van der Waals surface area contributed by atoms with Crippen molar-refractivity contribution in [3.05, 3.63) is 0 Å². The van der Waals surface area contributed by atoms with Gasteiger partial charge in [0.15, 0.2) is 0 Å². The Balaban J connectivity index is 2.41. The van der Waals surface area contributed by atoms with Gasteiger partial charge in [0.05, 0.1) is 6.04 Å². The van der Waals surface area contributed by atoms with E-state index in [0.29, 0.717) is 6.04 Å². The topological polar surface area (TPSA) is 58.4 Å². The molecule has 0 saturated heterocycles. The van der Waals surface area contributed by atoms with Gasteiger partial charge in [0, 0.05) is 12.6 Å². The molecule has 0 bridgehead atoms. The fourth-order valence-corrected chi connectivity index (χ4v) is 1.89. The Morgan fingerprint density at radius 2 is 2.20 bits per heavy atom. The van der Waals surface area contributed by atoms with Gasteiger partial charge < -0.3 is 11.1 Å². The fourth-order valence-electron chi connectivity index (χ4n) is 1.89. The van der Waals surface area contributed by atoms with Gasteiger partial charge in [-0.15, -0.1) is 0 Å². The standard InChI is InChI=1S/C11H23N3O/c1-3-7-14(9-5-6-9)8-10(11(12)15)13-4-2/h9-10,13H,3-8H2,1-2H3,(H2,12,15). The van der Waals surface area contributed by atoms with Crippen LogP contribution in [0.4, 0.5) is 0 Å². The van der Waals surface area contributed by atoms with Gasteiger partial charge in [-0.05, 0) is 32.4 Å². The summed E-state index contributed by atoms with van der Waals surface area (Å²) < 4.78 is 0. The Morgan fingerprint density at radius 3 is 2.60 bits per heavy atom. The summed E-state index contributed by atoms with van der Waals surface area (Å²) in [7, 11) is 0. The maximum atomic E-state index is 11.2. The Morgan fingerprint density at radius 1 is 1.53 bits per heavy atom. The van der Waals surface area contributed by atoms with E-state index in [1.54, 1.807) is 0 Å². The number of carbonyl (C=O) groups is 1. The molecular formula is C11H23N3O. The molecule has 0 heterocycles. The monoisotopic (exact) mass is 213 g/mol. The molecule has 0 aromatic carbocycles. The number of hydrogen-bond acceptors (Lipinski definition) is 3. The molecule has 1 amide bonds. The highest BCUT2D eigenvalue weighted by Gasteiger charge is 2.30. The van der Waals surface area contributed by atoms with Crippen molar-refractivity contribution in [1.29, 1.82) is 0 Å². The summed E-state index contributed by atoms with van der Waals surface area (Å²) in [5, 5.41) is 3.14. The molecule has 1 saturated carbocycles. The molecule has 1 aliphatic rings. The molecule has 3 N–H and O–H groups in total. The first-order chi connectivity index (χ1) is 7.19. The second kappa shape index (κ2) is 6.08. The SMILES string of the molecule is CCCN(CC(NCC)C(N)=O)C1CC1. The van der Waals surface area contributed by atoms with Crippen molar-refractivity contribution in [1.82, 2.24) is 10.2 Å². The number of likely N-dealkylation sites (N-methyl/N-ethyl adjacent to an activating group) is 1. The highest BCUT2D eigenvalue weighted by molar-refractivity contribution is 5.80. The summed E-state index contributed by atoms with van der Waals surface area (Å²) in [4.78, 5) is 13.6. The van der Waals surface area contributed by atoms with Gasteiger partial charge in [-0.2, -0.15) is 0 Å². The highest BCUT2D eigenvalue weighted by Crippen LogP contribution is 2.26. The summed E-state index contributed by atoms with van der Waals surface area (Å²) in [6.07, 6.45) is 3.68. The Kier molecular flexibility index (Phi) is 5.05. The minimum Gasteiger partial charge on any atom is -0.368 e. The van der Waals surface area contributed by atoms with Gasteiger partial charge in [-0.1, -0.05) is 13.8 Å². The van der Waals surface area contributed by atoms with Crippen LogP contribution in [0.25, 0.3) is 0 Å². The molecule has 0 spiro atoms. The minimum absolute atomic E-state index is 0.192. The van der Waals surface area contributed by atoms with Crippen molar-refractivity contribution in [2.45, 2.75) is 45.2 Å². The number of hydrogen-bond donors (Lipinski definition) is 2. The average molecular weight is 213 g/mol. The van der Waals surface area contributed by atoms with E-state index in [0.717, 1.165) is 26.1 Å². The predicted octanol–water partition coefficient (Wildman–Crippen LogP) is 0.324. The number of nitrogens with one attached hydrogen (secondary N) is 1. The smallest absolute Gasteiger partial charge is 0.235 e. The zero-order chi connectivity index (χ0) is 11.3. The fraction of sp³-hybridized carbons (Fsp3) is 0.909. The van der Waals surface area contributed by atoms with Crippen LogP contribution < -0.4 is 11.1 Å². The normalized spacial score (nSPS) is 18.1. The molecule has 4 nitrogen and oxygen atoms in total. The van der Waals surface area contributed by atoms with Crippen molar-refractivity contribution >= 4 is 5.91 Å². The van der Waals surface area contributed by atoms with E-state index < -0.39 is 0 Å². The molecule has 15 heavy (non-hydrogen) atoms. The molecule has 1 unspecified atom stereocenters. The molecule has 1 atom stereocenters. The van der Waals surface area contributed by atoms with Crippen LogP contribution >= 0.6 is 0 Å². The number of nitrogens with zero attached hydrogens (tertiary/aromatic N) is 1. The van der Waals surface area contributed by atoms with Crippen molar-refractivity contribution in [2.75, 3.05) is 19.6 Å². The average Bonchev–Trinajstić information content (AvgIpc) is 2.99. The lowest BCUT2D eigenvalue weighted by atomic mass is 10.2. The number of nitrogens with two attached hydrogens (primary N) is 1. The number of carbonyl (C=O) groups excluding carboxylic acids is 1. The van der Waals surface area contributed by atoms with Gasteiger partial charge in [0.2, 0.25) is 5.91 Å². The van der Waals surface area contributed by atoms with Gasteiger partial charge in [0.25, 0.3) is 0 Å². The second-order valence-corrected chi connectivity index (χ2v) is 4.24. The van der Waals surface area contributed by atoms with Gasteiger partial charge in [0.1, 0.15) is 0 Å². The van der Waals surface area contributed by atoms with Crippen molar-refractivity contribution in [3.63, 3.8) is 0 Å². The summed E-state index contributed by atoms with van der Waals surface area (Å²) in [5.41, 5.74) is 5.36. The molecule has 4 heteroatoms. The van der Waals surface area contributed by atoms with Crippen molar-refractivity contribution < 1.29 is 4.79 Å². The number of rotatable bonds is 8. The van der Waals surface area contributed by atoms with Crippen LogP contribution in [-0.2, 0) is 4.79 Å². The first kappa shape index (κ1) is 12.5. The van der Waals surface area contributed by atoms with Crippen LogP contribution in [0.15, 0.2) is 0 Å². The van der Waals surface area contributed by atoms with Gasteiger partial charge in [-0.3, -0.25) is 9.69 Å². The van der Waals surface area contributed by atoms with E-state index in [1.165, 1.54) is 12.8 Å². The molecule has 0 aromatic heterocycles. The first-order valence-corrected chi connectivity index (χ1v) is 5.95. The molecular weight excluding hydrogens is 190 g/mol. The van der Waals surface area contributed by atoms with Crippen molar-refractivity contribution in [2.24, 2.45) is 5.73 Å². The van der Waals surface area contributed by atoms with Crippen LogP contribution in [0.5, 0.6) is 0 Å². The quantitative estimate of drug-likeness (QED) is 0.610. The number of amides is 1. The zero-order valence-electron chi connectivity index (χ0n) is 9.83. The summed E-state index contributed by atoms with van der Waals surface area (Å²) in [6, 6.07) is 0.507. The summed E-state index contributed by atoms with van der Waals surface area (Å²) in [6.45, 7) is 6.79. The predicted molar refractivity (Wildman–Crippen MR) is 61.5 cm³/mol. The Bertz CT molecular complexity index is 204. The van der Waals surface area contributed by atoms with E-state index in [9.17, 15) is 4.79 Å². The second-order valence-electron chi connectivity index (χ2n) is 4.24. The molecule has 88 valence electrons. The summed E-state index contributed by atoms with van der Waals surface area (Å²) >= 11 is 0. The van der Waals surface area contributed by atoms with E-state index >= 15 is 0 Å². The van der Waals surface area contributed by atoms with E-state index in [2.05, 4.69) is 17.1 Å². The van der Waals surface area contributed by atoms with Crippen molar-refractivity contribution in [3.8, 4) is 0 Å². The zero-order valence-corrected chi connectivity index (χ0v) is 9.83. The lowest BCUT2D eigenvalue weighted by molar-refractivity contribution is -0.120. The Labute approximate surface area is 92.2 Å². The lowest BCUT2D eigenvalue weighted by Gasteiger charge is -2.25. The molecule has 0 aromatic rings. The van der Waals surface area contributed by atoms with E-state index in [1.807, 2.05) is 6.92 Å². The van der Waals surface area contributed by atoms with Crippen LogP contribution in [0.1, 0.15) is 33.1 Å². The Hall–Kier alpha value is -0.610. The van der Waals surface area contributed by atoms with E-state index in [4.69, 9.17) is 5.73 Å².